The van der Waals surface area contributed by atoms with E-state index in [1.807, 2.05) is 72.8 Å². The van der Waals surface area contributed by atoms with Gasteiger partial charge in [-0.05, 0) is 41.3 Å². The number of para-hydroxylation sites is 1. The molecule has 0 fully saturated rings. The van der Waals surface area contributed by atoms with Crippen LogP contribution in [0.5, 0.6) is 0 Å². The molecule has 0 atom stereocenters. The van der Waals surface area contributed by atoms with E-state index in [4.69, 9.17) is 0 Å². The van der Waals surface area contributed by atoms with E-state index in [0.29, 0.717) is 29.8 Å². The number of urea groups is 1. The molecule has 0 unspecified atom stereocenters. The lowest BCUT2D eigenvalue weighted by Crippen LogP contribution is -2.20. The van der Waals surface area contributed by atoms with Crippen LogP contribution in [0.1, 0.15) is 22.3 Å². The number of anilines is 2. The molecule has 2 amide bonds. The normalized spacial score (nSPS) is 12.5. The molecule has 3 aromatic rings. The first-order valence-corrected chi connectivity index (χ1v) is 8.60. The minimum absolute atomic E-state index is 0.0767. The molecule has 4 nitrogen and oxygen atoms in total. The maximum Gasteiger partial charge on any atom is 0.323 e. The molecule has 0 aromatic heterocycles. The van der Waals surface area contributed by atoms with Crippen molar-refractivity contribution in [2.45, 2.75) is 12.8 Å². The predicted octanol–water partition coefficient (Wildman–Crippen LogP) is 5.13. The number of ketones is 1. The van der Waals surface area contributed by atoms with E-state index in [1.54, 1.807) is 0 Å². The van der Waals surface area contributed by atoms with Crippen molar-refractivity contribution < 1.29 is 9.59 Å². The van der Waals surface area contributed by atoms with Crippen LogP contribution in [0.15, 0.2) is 72.8 Å². The smallest absolute Gasteiger partial charge is 0.308 e. The molecule has 0 radical (unpaired) electrons. The highest BCUT2D eigenvalue weighted by Crippen LogP contribution is 2.36. The molecule has 0 heterocycles. The molecule has 0 spiro atoms. The van der Waals surface area contributed by atoms with Crippen molar-refractivity contribution in [2.24, 2.45) is 0 Å². The number of fused-ring (bicyclic) bond motifs is 1. The van der Waals surface area contributed by atoms with E-state index < -0.39 is 0 Å². The van der Waals surface area contributed by atoms with E-state index in [9.17, 15) is 9.59 Å². The minimum Gasteiger partial charge on any atom is -0.308 e. The molecule has 3 aromatic carbocycles. The number of benzene rings is 3. The fourth-order valence-electron chi connectivity index (χ4n) is 3.39. The zero-order chi connectivity index (χ0) is 17.9. The molecule has 1 aliphatic rings. The van der Waals surface area contributed by atoms with Crippen molar-refractivity contribution in [3.05, 3.63) is 83.9 Å². The topological polar surface area (TPSA) is 58.2 Å². The van der Waals surface area contributed by atoms with Gasteiger partial charge in [0.05, 0.1) is 5.69 Å². The summed E-state index contributed by atoms with van der Waals surface area (Å²) < 4.78 is 0. The van der Waals surface area contributed by atoms with Crippen LogP contribution in [0.4, 0.5) is 16.2 Å². The largest absolute Gasteiger partial charge is 0.323 e. The molecule has 0 bridgehead atoms. The Morgan fingerprint density at radius 3 is 2.19 bits per heavy atom. The third-order valence-corrected chi connectivity index (χ3v) is 4.56. The van der Waals surface area contributed by atoms with Crippen LogP contribution in [-0.4, -0.2) is 11.8 Å². The van der Waals surface area contributed by atoms with Crippen molar-refractivity contribution in [2.75, 3.05) is 10.6 Å². The Labute approximate surface area is 151 Å². The summed E-state index contributed by atoms with van der Waals surface area (Å²) in [6.07, 6.45) is 1.18. The molecule has 0 saturated carbocycles. The van der Waals surface area contributed by atoms with Crippen LogP contribution in [0, 0.1) is 0 Å². The van der Waals surface area contributed by atoms with E-state index >= 15 is 0 Å². The van der Waals surface area contributed by atoms with Gasteiger partial charge < -0.3 is 10.6 Å². The zero-order valence-corrected chi connectivity index (χ0v) is 14.2. The van der Waals surface area contributed by atoms with Gasteiger partial charge in [-0.3, -0.25) is 4.79 Å². The molecule has 4 heteroatoms. The van der Waals surface area contributed by atoms with E-state index in [-0.39, 0.29) is 11.8 Å². The summed E-state index contributed by atoms with van der Waals surface area (Å²) in [5.41, 5.74) is 5.05. The maximum absolute atomic E-state index is 12.4. The van der Waals surface area contributed by atoms with Gasteiger partial charge >= 0.3 is 6.03 Å². The summed E-state index contributed by atoms with van der Waals surface area (Å²) in [5.74, 6) is 0.0767. The SMILES string of the molecule is O=C(Nc1ccccc1)Nc1ccc(-c2ccccc2)c2c1C(=O)CC2. The Bertz CT molecular complexity index is 966. The Morgan fingerprint density at radius 1 is 0.769 bits per heavy atom. The first-order chi connectivity index (χ1) is 12.7. The number of Topliss-reactive ketones (excluding diaryl/α,β-unsaturated/α-hetero) is 1. The quantitative estimate of drug-likeness (QED) is 0.693. The highest BCUT2D eigenvalue weighted by Gasteiger charge is 2.26. The first-order valence-electron chi connectivity index (χ1n) is 8.60. The van der Waals surface area contributed by atoms with Crippen LogP contribution in [0.2, 0.25) is 0 Å². The van der Waals surface area contributed by atoms with Gasteiger partial charge in [-0.2, -0.15) is 0 Å². The van der Waals surface area contributed by atoms with Gasteiger partial charge in [0.2, 0.25) is 0 Å². The van der Waals surface area contributed by atoms with Crippen molar-refractivity contribution in [3.8, 4) is 11.1 Å². The second kappa shape index (κ2) is 6.84. The summed E-state index contributed by atoms with van der Waals surface area (Å²) in [6.45, 7) is 0. The van der Waals surface area contributed by atoms with Crippen LogP contribution in [-0.2, 0) is 6.42 Å². The van der Waals surface area contributed by atoms with Crippen LogP contribution in [0.25, 0.3) is 11.1 Å². The van der Waals surface area contributed by atoms with Gasteiger partial charge in [-0.25, -0.2) is 4.79 Å². The summed E-state index contributed by atoms with van der Waals surface area (Å²) in [5, 5.41) is 5.61. The number of rotatable bonds is 3. The van der Waals surface area contributed by atoms with Crippen molar-refractivity contribution >= 4 is 23.2 Å². The average molecular weight is 342 g/mol. The van der Waals surface area contributed by atoms with Crippen molar-refractivity contribution in [1.29, 1.82) is 0 Å². The number of hydrogen-bond acceptors (Lipinski definition) is 2. The Kier molecular flexibility index (Phi) is 4.23. The monoisotopic (exact) mass is 342 g/mol. The highest BCUT2D eigenvalue weighted by molar-refractivity contribution is 6.11. The molecule has 0 aliphatic heterocycles. The Balaban J connectivity index is 1.65. The number of amides is 2. The van der Waals surface area contributed by atoms with Gasteiger partial charge in [0.1, 0.15) is 0 Å². The standard InChI is InChI=1S/C22H18N2O2/c25-20-14-12-18-17(15-7-3-1-4-8-15)11-13-19(21(18)20)24-22(26)23-16-9-5-2-6-10-16/h1-11,13H,12,14H2,(H2,23,24,26). The lowest BCUT2D eigenvalue weighted by Gasteiger charge is -2.14. The first kappa shape index (κ1) is 16.1. The van der Waals surface area contributed by atoms with Gasteiger partial charge in [0.15, 0.2) is 5.78 Å². The number of carbonyl (C=O) groups is 2. The van der Waals surface area contributed by atoms with Crippen LogP contribution < -0.4 is 10.6 Å². The number of hydrogen-bond donors (Lipinski definition) is 2. The van der Waals surface area contributed by atoms with Crippen LogP contribution in [0.3, 0.4) is 0 Å². The average Bonchev–Trinajstić information content (AvgIpc) is 3.06. The lowest BCUT2D eigenvalue weighted by atomic mass is 9.95. The third-order valence-electron chi connectivity index (χ3n) is 4.56. The minimum atomic E-state index is -0.356. The van der Waals surface area contributed by atoms with Gasteiger partial charge in [0.25, 0.3) is 0 Å². The fraction of sp³-hybridized carbons (Fsp3) is 0.0909. The summed E-state index contributed by atoms with van der Waals surface area (Å²) in [7, 11) is 0. The van der Waals surface area contributed by atoms with Crippen molar-refractivity contribution in [3.63, 3.8) is 0 Å². The molecule has 128 valence electrons. The zero-order valence-electron chi connectivity index (χ0n) is 14.2. The van der Waals surface area contributed by atoms with Crippen LogP contribution >= 0.6 is 0 Å². The Morgan fingerprint density at radius 2 is 1.46 bits per heavy atom. The lowest BCUT2D eigenvalue weighted by molar-refractivity contribution is 0.0995. The fourth-order valence-corrected chi connectivity index (χ4v) is 3.39. The second-order valence-corrected chi connectivity index (χ2v) is 6.25. The molecule has 2 N–H and O–H groups in total. The van der Waals surface area contributed by atoms with E-state index in [0.717, 1.165) is 16.7 Å². The summed E-state index contributed by atoms with van der Waals surface area (Å²) in [4.78, 5) is 24.7. The van der Waals surface area contributed by atoms with Gasteiger partial charge in [0, 0.05) is 17.7 Å². The number of carbonyl (C=O) groups excluding carboxylic acids is 2. The maximum atomic E-state index is 12.4. The van der Waals surface area contributed by atoms with E-state index in [2.05, 4.69) is 10.6 Å². The molecular weight excluding hydrogens is 324 g/mol. The molecular formula is C22H18N2O2. The molecule has 4 rings (SSSR count). The van der Waals surface area contributed by atoms with Crippen molar-refractivity contribution in [1.82, 2.24) is 0 Å². The summed E-state index contributed by atoms with van der Waals surface area (Å²) in [6, 6.07) is 22.7. The molecule has 0 saturated heterocycles. The third kappa shape index (κ3) is 3.09. The van der Waals surface area contributed by atoms with E-state index in [1.165, 1.54) is 0 Å². The predicted molar refractivity (Wildman–Crippen MR) is 104 cm³/mol. The second-order valence-electron chi connectivity index (χ2n) is 6.25. The highest BCUT2D eigenvalue weighted by atomic mass is 16.2. The summed E-state index contributed by atoms with van der Waals surface area (Å²) >= 11 is 0. The molecule has 26 heavy (non-hydrogen) atoms. The Hall–Kier alpha value is -3.40. The molecule has 1 aliphatic carbocycles. The van der Waals surface area contributed by atoms with Gasteiger partial charge in [-0.1, -0.05) is 54.6 Å². The van der Waals surface area contributed by atoms with Gasteiger partial charge in [-0.15, -0.1) is 0 Å². The number of nitrogens with one attached hydrogen (secondary N) is 2.